The number of aliphatic hydroxyl groups is 2. The summed E-state index contributed by atoms with van der Waals surface area (Å²) < 4.78 is 12.8. The summed E-state index contributed by atoms with van der Waals surface area (Å²) in [5, 5.41) is 24.0. The Labute approximate surface area is 243 Å². The maximum absolute atomic E-state index is 12.5. The number of likely N-dealkylation sites (tertiary alicyclic amines) is 1. The first-order valence-corrected chi connectivity index (χ1v) is 14.6. The number of hydrogen-bond acceptors (Lipinski definition) is 10. The standard InChI is InChI=1S/C29H37N7O6/c1-16-5-9-19(10-6-16)41-29(40)35-13-11-17(12-14-35)3-2-4-20-33-25(30)21-26(34-20)36(15-31-21)28-23(38)22(37)24(42-28)27(39)32-18-7-8-18/h5-6,9-10,15,17-18,22-24,28,37-38H,2-4,7-8,11-14H2,1H3,(H,32,39)(H2,30,33,34)/t22?,23-,24-,28+/m0/s1. The number of benzene rings is 1. The zero-order chi connectivity index (χ0) is 29.4. The molecule has 6 rings (SSSR count). The second kappa shape index (κ2) is 11.8. The van der Waals surface area contributed by atoms with Crippen LogP contribution in [0.4, 0.5) is 10.6 Å². The fraction of sp³-hybridized carbons (Fsp3) is 0.552. The van der Waals surface area contributed by atoms with E-state index in [4.69, 9.17) is 15.2 Å². The average Bonchev–Trinajstić information content (AvgIpc) is 3.61. The number of amides is 2. The highest BCUT2D eigenvalue weighted by atomic mass is 16.6. The van der Waals surface area contributed by atoms with Crippen LogP contribution in [0, 0.1) is 12.8 Å². The maximum Gasteiger partial charge on any atom is 0.415 e. The van der Waals surface area contributed by atoms with E-state index >= 15 is 0 Å². The van der Waals surface area contributed by atoms with Crippen LogP contribution in [0.3, 0.4) is 0 Å². The highest BCUT2D eigenvalue weighted by Gasteiger charge is 2.48. The number of carbonyl (C=O) groups is 2. The van der Waals surface area contributed by atoms with Crippen molar-refractivity contribution in [3.63, 3.8) is 0 Å². The fourth-order valence-corrected chi connectivity index (χ4v) is 5.62. The fourth-order valence-electron chi connectivity index (χ4n) is 5.62. The van der Waals surface area contributed by atoms with Crippen molar-refractivity contribution in [1.82, 2.24) is 29.7 Å². The van der Waals surface area contributed by atoms with Crippen LogP contribution in [0.25, 0.3) is 11.2 Å². The van der Waals surface area contributed by atoms with Gasteiger partial charge in [-0.15, -0.1) is 0 Å². The summed E-state index contributed by atoms with van der Waals surface area (Å²) in [6, 6.07) is 7.54. The average molecular weight is 580 g/mol. The number of aliphatic hydroxyl groups excluding tert-OH is 2. The van der Waals surface area contributed by atoms with E-state index in [0.29, 0.717) is 48.2 Å². The van der Waals surface area contributed by atoms with E-state index in [9.17, 15) is 19.8 Å². The maximum atomic E-state index is 12.5. The zero-order valence-electron chi connectivity index (χ0n) is 23.6. The van der Waals surface area contributed by atoms with E-state index in [0.717, 1.165) is 44.1 Å². The predicted octanol–water partition coefficient (Wildman–Crippen LogP) is 1.85. The molecule has 2 saturated heterocycles. The first-order valence-electron chi connectivity index (χ1n) is 14.6. The Bertz CT molecular complexity index is 1430. The molecular formula is C29H37N7O6. The molecule has 1 aliphatic carbocycles. The molecule has 42 heavy (non-hydrogen) atoms. The smallest absolute Gasteiger partial charge is 0.410 e. The van der Waals surface area contributed by atoms with Gasteiger partial charge in [0, 0.05) is 25.6 Å². The van der Waals surface area contributed by atoms with Crippen LogP contribution in [-0.4, -0.2) is 84.1 Å². The third kappa shape index (κ3) is 6.03. The number of anilines is 1. The summed E-state index contributed by atoms with van der Waals surface area (Å²) in [6.07, 6.45) is 2.09. The van der Waals surface area contributed by atoms with E-state index in [1.807, 2.05) is 19.1 Å². The molecule has 0 bridgehead atoms. The Balaban J connectivity index is 1.03. The van der Waals surface area contributed by atoms with Gasteiger partial charge in [-0.3, -0.25) is 9.36 Å². The lowest BCUT2D eigenvalue weighted by molar-refractivity contribution is -0.137. The second-order valence-corrected chi connectivity index (χ2v) is 11.6. The van der Waals surface area contributed by atoms with Crippen LogP contribution in [-0.2, 0) is 16.0 Å². The van der Waals surface area contributed by atoms with Crippen molar-refractivity contribution < 1.29 is 29.3 Å². The van der Waals surface area contributed by atoms with Crippen LogP contribution in [0.5, 0.6) is 5.75 Å². The Morgan fingerprint density at radius 2 is 1.83 bits per heavy atom. The lowest BCUT2D eigenvalue weighted by Crippen LogP contribution is -2.43. The predicted molar refractivity (Wildman–Crippen MR) is 151 cm³/mol. The summed E-state index contributed by atoms with van der Waals surface area (Å²) in [7, 11) is 0. The third-order valence-corrected chi connectivity index (χ3v) is 8.30. The minimum absolute atomic E-state index is 0.0989. The number of nitrogen functional groups attached to an aromatic ring is 1. The molecule has 13 heteroatoms. The van der Waals surface area contributed by atoms with Crippen molar-refractivity contribution >= 4 is 29.0 Å². The van der Waals surface area contributed by atoms with Crippen molar-refractivity contribution in [2.45, 2.75) is 82.5 Å². The van der Waals surface area contributed by atoms with Crippen LogP contribution < -0.4 is 15.8 Å². The molecule has 3 aliphatic rings. The molecule has 1 saturated carbocycles. The largest absolute Gasteiger partial charge is 0.415 e. The van der Waals surface area contributed by atoms with Gasteiger partial charge in [-0.05, 0) is 63.5 Å². The molecule has 2 aromatic heterocycles. The molecule has 224 valence electrons. The van der Waals surface area contributed by atoms with Gasteiger partial charge in [-0.2, -0.15) is 0 Å². The van der Waals surface area contributed by atoms with E-state index in [1.54, 1.807) is 17.0 Å². The van der Waals surface area contributed by atoms with Gasteiger partial charge in [-0.25, -0.2) is 19.7 Å². The highest BCUT2D eigenvalue weighted by Crippen LogP contribution is 2.33. The molecule has 4 heterocycles. The molecule has 5 N–H and O–H groups in total. The molecule has 3 fully saturated rings. The van der Waals surface area contributed by atoms with E-state index in [-0.39, 0.29) is 18.0 Å². The lowest BCUT2D eigenvalue weighted by atomic mass is 9.91. The molecule has 3 aromatic rings. The molecular weight excluding hydrogens is 542 g/mol. The molecule has 0 spiro atoms. The van der Waals surface area contributed by atoms with E-state index < -0.39 is 30.4 Å². The number of aromatic nitrogens is 4. The summed E-state index contributed by atoms with van der Waals surface area (Å²) in [6.45, 7) is 3.29. The normalized spacial score (nSPS) is 24.7. The number of fused-ring (bicyclic) bond motifs is 1. The number of piperidine rings is 1. The van der Waals surface area contributed by atoms with Gasteiger partial charge in [0.25, 0.3) is 5.91 Å². The van der Waals surface area contributed by atoms with Gasteiger partial charge in [0.05, 0.1) is 6.33 Å². The van der Waals surface area contributed by atoms with Gasteiger partial charge in [0.1, 0.15) is 29.3 Å². The molecule has 0 radical (unpaired) electrons. The summed E-state index contributed by atoms with van der Waals surface area (Å²) in [5.41, 5.74) is 8.04. The minimum atomic E-state index is -1.39. The summed E-state index contributed by atoms with van der Waals surface area (Å²) >= 11 is 0. The second-order valence-electron chi connectivity index (χ2n) is 11.6. The van der Waals surface area contributed by atoms with Crippen LogP contribution in [0.15, 0.2) is 30.6 Å². The quantitative estimate of drug-likeness (QED) is 0.308. The van der Waals surface area contributed by atoms with Crippen molar-refractivity contribution in [2.75, 3.05) is 18.8 Å². The summed E-state index contributed by atoms with van der Waals surface area (Å²) in [5.74, 6) is 1.33. The SMILES string of the molecule is Cc1ccc(OC(=O)N2CCC(CCCc3nc(N)c4ncn([C@@H]5O[C@H](C(=O)NC6CC6)C(O)[C@@H]5O)c4n3)CC2)cc1. The lowest BCUT2D eigenvalue weighted by Gasteiger charge is -2.31. The Kier molecular flexibility index (Phi) is 7.97. The van der Waals surface area contributed by atoms with Gasteiger partial charge in [-0.1, -0.05) is 17.7 Å². The molecule has 2 aliphatic heterocycles. The number of hydrogen-bond donors (Lipinski definition) is 4. The first-order chi connectivity index (χ1) is 20.3. The number of ether oxygens (including phenoxy) is 2. The number of nitrogens with two attached hydrogens (primary N) is 1. The number of carbonyl (C=O) groups excluding carboxylic acids is 2. The summed E-state index contributed by atoms with van der Waals surface area (Å²) in [4.78, 5) is 40.2. The van der Waals surface area contributed by atoms with Gasteiger partial charge < -0.3 is 35.6 Å². The van der Waals surface area contributed by atoms with Crippen LogP contribution in [0.1, 0.15) is 56.1 Å². The zero-order valence-corrected chi connectivity index (χ0v) is 23.6. The van der Waals surface area contributed by atoms with E-state index in [1.165, 1.54) is 10.9 Å². The van der Waals surface area contributed by atoms with Gasteiger partial charge >= 0.3 is 6.09 Å². The van der Waals surface area contributed by atoms with E-state index in [2.05, 4.69) is 20.3 Å². The van der Waals surface area contributed by atoms with Crippen molar-refractivity contribution in [2.24, 2.45) is 5.92 Å². The first kappa shape index (κ1) is 28.3. The molecule has 2 amide bonds. The molecule has 1 unspecified atom stereocenters. The highest BCUT2D eigenvalue weighted by molar-refractivity contribution is 5.83. The number of nitrogens with one attached hydrogen (secondary N) is 1. The monoisotopic (exact) mass is 579 g/mol. The van der Waals surface area contributed by atoms with Crippen molar-refractivity contribution in [1.29, 1.82) is 0 Å². The van der Waals surface area contributed by atoms with Crippen LogP contribution in [0.2, 0.25) is 0 Å². The number of rotatable bonds is 8. The Morgan fingerprint density at radius 1 is 1.10 bits per heavy atom. The molecule has 13 nitrogen and oxygen atoms in total. The third-order valence-electron chi connectivity index (χ3n) is 8.30. The number of aryl methyl sites for hydroxylation is 2. The topological polar surface area (TPSA) is 178 Å². The Hall–Kier alpha value is -3.81. The van der Waals surface area contributed by atoms with Gasteiger partial charge in [0.15, 0.2) is 23.8 Å². The van der Waals surface area contributed by atoms with Crippen molar-refractivity contribution in [3.05, 3.63) is 42.0 Å². The number of imidazole rings is 1. The molecule has 1 aromatic carbocycles. The minimum Gasteiger partial charge on any atom is -0.410 e. The van der Waals surface area contributed by atoms with Crippen molar-refractivity contribution in [3.8, 4) is 5.75 Å². The number of nitrogens with zero attached hydrogens (tertiary/aromatic N) is 5. The van der Waals surface area contributed by atoms with Crippen LogP contribution >= 0.6 is 0 Å². The molecule has 4 atom stereocenters. The van der Waals surface area contributed by atoms with Gasteiger partial charge in [0.2, 0.25) is 0 Å². The Morgan fingerprint density at radius 3 is 2.55 bits per heavy atom.